The lowest BCUT2D eigenvalue weighted by atomic mass is 9.91. The molecule has 0 aliphatic carbocycles. The van der Waals surface area contributed by atoms with Crippen LogP contribution in [-0.4, -0.2) is 12.4 Å². The summed E-state index contributed by atoms with van der Waals surface area (Å²) in [5, 5.41) is 0. The van der Waals surface area contributed by atoms with E-state index in [1.54, 1.807) is 0 Å². The standard InChI is InChI=1S/C13H17BrO2/c1-9-5-6-10(14)7-11(9)16-8-12(15)13(2,3)4/h5-7H,8H2,1-4H3. The molecule has 0 atom stereocenters. The number of hydrogen-bond donors (Lipinski definition) is 0. The Labute approximate surface area is 105 Å². The molecule has 0 saturated carbocycles. The number of benzene rings is 1. The van der Waals surface area contributed by atoms with Gasteiger partial charge in [-0.1, -0.05) is 42.8 Å². The van der Waals surface area contributed by atoms with Crippen LogP contribution in [0.5, 0.6) is 5.75 Å². The zero-order valence-corrected chi connectivity index (χ0v) is 11.7. The Balaban J connectivity index is 2.68. The predicted octanol–water partition coefficient (Wildman–Crippen LogP) is 3.75. The molecule has 0 aromatic heterocycles. The van der Waals surface area contributed by atoms with E-state index in [4.69, 9.17) is 4.74 Å². The summed E-state index contributed by atoms with van der Waals surface area (Å²) >= 11 is 3.38. The lowest BCUT2D eigenvalue weighted by Crippen LogP contribution is -2.26. The lowest BCUT2D eigenvalue weighted by molar-refractivity contribution is -0.128. The SMILES string of the molecule is Cc1ccc(Br)cc1OCC(=O)C(C)(C)C. The molecule has 0 aliphatic heterocycles. The number of carbonyl (C=O) groups excluding carboxylic acids is 1. The van der Waals surface area contributed by atoms with Crippen LogP contribution in [0.2, 0.25) is 0 Å². The van der Waals surface area contributed by atoms with Gasteiger partial charge in [-0.05, 0) is 24.6 Å². The lowest BCUT2D eigenvalue weighted by Gasteiger charge is -2.17. The van der Waals surface area contributed by atoms with Crippen molar-refractivity contribution in [1.82, 2.24) is 0 Å². The summed E-state index contributed by atoms with van der Waals surface area (Å²) in [7, 11) is 0. The minimum Gasteiger partial charge on any atom is -0.486 e. The van der Waals surface area contributed by atoms with Gasteiger partial charge in [0.1, 0.15) is 12.4 Å². The minimum absolute atomic E-state index is 0.104. The molecular formula is C13H17BrO2. The predicted molar refractivity (Wildman–Crippen MR) is 68.8 cm³/mol. The number of ether oxygens (including phenoxy) is 1. The van der Waals surface area contributed by atoms with Crippen LogP contribution in [0.1, 0.15) is 26.3 Å². The van der Waals surface area contributed by atoms with Crippen LogP contribution in [-0.2, 0) is 4.79 Å². The van der Waals surface area contributed by atoms with E-state index < -0.39 is 0 Å². The fourth-order valence-corrected chi connectivity index (χ4v) is 1.43. The maximum atomic E-state index is 11.7. The van der Waals surface area contributed by atoms with Crippen molar-refractivity contribution in [1.29, 1.82) is 0 Å². The number of hydrogen-bond acceptors (Lipinski definition) is 2. The molecule has 0 fully saturated rings. The van der Waals surface area contributed by atoms with Gasteiger partial charge in [-0.25, -0.2) is 0 Å². The number of ketones is 1. The van der Waals surface area contributed by atoms with E-state index in [9.17, 15) is 4.79 Å². The van der Waals surface area contributed by atoms with Gasteiger partial charge < -0.3 is 4.74 Å². The Kier molecular flexibility index (Phi) is 4.14. The third-order valence-electron chi connectivity index (χ3n) is 2.35. The van der Waals surface area contributed by atoms with Gasteiger partial charge in [0.15, 0.2) is 5.78 Å². The Hall–Kier alpha value is -0.830. The quantitative estimate of drug-likeness (QED) is 0.845. The van der Waals surface area contributed by atoms with Gasteiger partial charge in [0.25, 0.3) is 0 Å². The Morgan fingerprint density at radius 2 is 2.00 bits per heavy atom. The monoisotopic (exact) mass is 284 g/mol. The number of rotatable bonds is 3. The molecule has 0 unspecified atom stereocenters. The molecule has 0 spiro atoms. The summed E-state index contributed by atoms with van der Waals surface area (Å²) in [6.45, 7) is 7.77. The highest BCUT2D eigenvalue weighted by Gasteiger charge is 2.21. The summed E-state index contributed by atoms with van der Waals surface area (Å²) in [6, 6.07) is 5.79. The molecule has 2 nitrogen and oxygen atoms in total. The molecule has 3 heteroatoms. The van der Waals surface area contributed by atoms with E-state index in [1.165, 1.54) is 0 Å². The van der Waals surface area contributed by atoms with Crippen LogP contribution in [0.25, 0.3) is 0 Å². The average Bonchev–Trinajstić information content (AvgIpc) is 2.17. The van der Waals surface area contributed by atoms with Gasteiger partial charge in [-0.3, -0.25) is 4.79 Å². The highest BCUT2D eigenvalue weighted by molar-refractivity contribution is 9.10. The summed E-state index contributed by atoms with van der Waals surface area (Å²) in [5.74, 6) is 0.860. The molecule has 0 heterocycles. The van der Waals surface area contributed by atoms with Gasteiger partial charge in [0.05, 0.1) is 0 Å². The molecule has 1 aromatic rings. The second kappa shape index (κ2) is 5.00. The maximum Gasteiger partial charge on any atom is 0.175 e. The first kappa shape index (κ1) is 13.2. The van der Waals surface area contributed by atoms with Crippen molar-refractivity contribution in [3.05, 3.63) is 28.2 Å². The fourth-order valence-electron chi connectivity index (χ4n) is 1.09. The highest BCUT2D eigenvalue weighted by atomic mass is 79.9. The molecule has 16 heavy (non-hydrogen) atoms. The first-order valence-electron chi connectivity index (χ1n) is 5.23. The zero-order valence-electron chi connectivity index (χ0n) is 10.1. The fraction of sp³-hybridized carbons (Fsp3) is 0.462. The number of Topliss-reactive ketones (excluding diaryl/α,β-unsaturated/α-hetero) is 1. The van der Waals surface area contributed by atoms with Crippen molar-refractivity contribution in [2.75, 3.05) is 6.61 Å². The van der Waals surface area contributed by atoms with Crippen molar-refractivity contribution >= 4 is 21.7 Å². The second-order valence-corrected chi connectivity index (χ2v) is 5.79. The first-order valence-corrected chi connectivity index (χ1v) is 6.02. The van der Waals surface area contributed by atoms with Crippen molar-refractivity contribution in [2.45, 2.75) is 27.7 Å². The maximum absolute atomic E-state index is 11.7. The summed E-state index contributed by atoms with van der Waals surface area (Å²) in [6.07, 6.45) is 0. The number of aryl methyl sites for hydroxylation is 1. The molecule has 0 aliphatic rings. The van der Waals surface area contributed by atoms with Crippen LogP contribution in [0.3, 0.4) is 0 Å². The number of halogens is 1. The molecule has 0 radical (unpaired) electrons. The summed E-state index contributed by atoms with van der Waals surface area (Å²) in [4.78, 5) is 11.7. The normalized spacial score (nSPS) is 11.3. The highest BCUT2D eigenvalue weighted by Crippen LogP contribution is 2.23. The topological polar surface area (TPSA) is 26.3 Å². The van der Waals surface area contributed by atoms with E-state index in [1.807, 2.05) is 45.9 Å². The molecule has 0 saturated heterocycles. The Bertz CT molecular complexity index is 391. The van der Waals surface area contributed by atoms with E-state index in [2.05, 4.69) is 15.9 Å². The minimum atomic E-state index is -0.347. The van der Waals surface area contributed by atoms with Crippen molar-refractivity contribution < 1.29 is 9.53 Å². The van der Waals surface area contributed by atoms with Crippen molar-refractivity contribution in [3.8, 4) is 5.75 Å². The van der Waals surface area contributed by atoms with Gasteiger partial charge in [-0.2, -0.15) is 0 Å². The van der Waals surface area contributed by atoms with Crippen LogP contribution >= 0.6 is 15.9 Å². The molecule has 1 aromatic carbocycles. The van der Waals surface area contributed by atoms with Crippen molar-refractivity contribution in [2.24, 2.45) is 5.41 Å². The summed E-state index contributed by atoms with van der Waals surface area (Å²) < 4.78 is 6.48. The second-order valence-electron chi connectivity index (χ2n) is 4.87. The van der Waals surface area contributed by atoms with Crippen LogP contribution < -0.4 is 4.74 Å². The van der Waals surface area contributed by atoms with Crippen LogP contribution in [0.4, 0.5) is 0 Å². The van der Waals surface area contributed by atoms with Crippen LogP contribution in [0.15, 0.2) is 22.7 Å². The van der Waals surface area contributed by atoms with Gasteiger partial charge >= 0.3 is 0 Å². The Morgan fingerprint density at radius 1 is 1.38 bits per heavy atom. The van der Waals surface area contributed by atoms with E-state index in [-0.39, 0.29) is 17.8 Å². The molecule has 0 N–H and O–H groups in total. The molecule has 88 valence electrons. The van der Waals surface area contributed by atoms with Crippen molar-refractivity contribution in [3.63, 3.8) is 0 Å². The molecule has 1 rings (SSSR count). The zero-order chi connectivity index (χ0) is 12.3. The molecule has 0 amide bonds. The largest absolute Gasteiger partial charge is 0.486 e. The smallest absolute Gasteiger partial charge is 0.175 e. The van der Waals surface area contributed by atoms with E-state index in [0.29, 0.717) is 0 Å². The molecule has 0 bridgehead atoms. The van der Waals surface area contributed by atoms with Gasteiger partial charge in [0, 0.05) is 9.89 Å². The summed E-state index contributed by atoms with van der Waals surface area (Å²) in [5.41, 5.74) is 0.685. The Morgan fingerprint density at radius 3 is 2.56 bits per heavy atom. The van der Waals surface area contributed by atoms with Gasteiger partial charge in [0.2, 0.25) is 0 Å². The van der Waals surface area contributed by atoms with Crippen LogP contribution in [0, 0.1) is 12.3 Å². The first-order chi connectivity index (χ1) is 7.30. The average molecular weight is 285 g/mol. The third kappa shape index (κ3) is 3.63. The molecular weight excluding hydrogens is 268 g/mol. The number of carbonyl (C=O) groups is 1. The van der Waals surface area contributed by atoms with E-state index in [0.717, 1.165) is 15.8 Å². The van der Waals surface area contributed by atoms with Gasteiger partial charge in [-0.15, -0.1) is 0 Å². The van der Waals surface area contributed by atoms with E-state index >= 15 is 0 Å². The third-order valence-corrected chi connectivity index (χ3v) is 2.84.